The number of para-hydroxylation sites is 2. The van der Waals surface area contributed by atoms with Gasteiger partial charge in [-0.15, -0.1) is 0 Å². The van der Waals surface area contributed by atoms with Gasteiger partial charge in [0.05, 0.1) is 17.1 Å². The molecule has 2 heterocycles. The maximum atomic E-state index is 13.5. The lowest BCUT2D eigenvalue weighted by Crippen LogP contribution is -2.48. The van der Waals surface area contributed by atoms with Crippen molar-refractivity contribution in [3.05, 3.63) is 30.1 Å². The van der Waals surface area contributed by atoms with Crippen molar-refractivity contribution in [2.75, 3.05) is 6.54 Å². The summed E-state index contributed by atoms with van der Waals surface area (Å²) < 4.78 is 47.2. The predicted molar refractivity (Wildman–Crippen MR) is 95.3 cm³/mol. The molecule has 0 unspecified atom stereocenters. The molecule has 148 valence electrons. The lowest BCUT2D eigenvalue weighted by atomic mass is 10.0. The number of piperidine rings is 1. The number of fused-ring (bicyclic) bond motifs is 1. The highest BCUT2D eigenvalue weighted by Gasteiger charge is 2.39. The van der Waals surface area contributed by atoms with Crippen LogP contribution in [0, 0.1) is 0 Å². The SMILES string of the molecule is CC(C)(C)OC(=O)N1CCCC[C@H]1Cn1c(C(F)(F)F)nc2ccccc21. The Kier molecular flexibility index (Phi) is 5.10. The van der Waals surface area contributed by atoms with Gasteiger partial charge in [-0.2, -0.15) is 13.2 Å². The number of likely N-dealkylation sites (tertiary alicyclic amines) is 1. The van der Waals surface area contributed by atoms with Gasteiger partial charge in [0, 0.05) is 13.1 Å². The van der Waals surface area contributed by atoms with E-state index in [-0.39, 0.29) is 12.6 Å². The molecule has 1 aliphatic heterocycles. The average molecular weight is 383 g/mol. The van der Waals surface area contributed by atoms with Crippen LogP contribution in [-0.4, -0.2) is 38.7 Å². The van der Waals surface area contributed by atoms with Crippen LogP contribution in [0.2, 0.25) is 0 Å². The van der Waals surface area contributed by atoms with E-state index in [1.165, 1.54) is 4.57 Å². The smallest absolute Gasteiger partial charge is 0.444 e. The highest BCUT2D eigenvalue weighted by molar-refractivity contribution is 5.76. The zero-order chi connectivity index (χ0) is 19.8. The molecule has 0 N–H and O–H groups in total. The van der Waals surface area contributed by atoms with Gasteiger partial charge in [0.2, 0.25) is 5.82 Å². The standard InChI is InChI=1S/C19H24F3N3O2/c1-18(2,3)27-17(26)24-11-7-6-8-13(24)12-25-15-10-5-4-9-14(15)23-16(25)19(20,21)22/h4-5,9-10,13H,6-8,11-12H2,1-3H3/t13-/m0/s1. The molecule has 8 heteroatoms. The van der Waals surface area contributed by atoms with E-state index in [0.717, 1.165) is 12.8 Å². The number of amides is 1. The summed E-state index contributed by atoms with van der Waals surface area (Å²) in [6, 6.07) is 6.17. The molecule has 1 fully saturated rings. The monoisotopic (exact) mass is 383 g/mol. The second-order valence-electron chi connectivity index (χ2n) is 7.86. The molecule has 3 rings (SSSR count). The third-order valence-electron chi connectivity index (χ3n) is 4.56. The van der Waals surface area contributed by atoms with Crippen molar-refractivity contribution < 1.29 is 22.7 Å². The summed E-state index contributed by atoms with van der Waals surface area (Å²) in [7, 11) is 0. The minimum absolute atomic E-state index is 0.0363. The first-order valence-corrected chi connectivity index (χ1v) is 9.08. The molecule has 1 aromatic carbocycles. The molecule has 1 atom stereocenters. The van der Waals surface area contributed by atoms with Crippen LogP contribution in [0.25, 0.3) is 11.0 Å². The number of carbonyl (C=O) groups excluding carboxylic acids is 1. The Morgan fingerprint density at radius 3 is 2.59 bits per heavy atom. The largest absolute Gasteiger partial charge is 0.449 e. The quantitative estimate of drug-likeness (QED) is 0.745. The lowest BCUT2D eigenvalue weighted by molar-refractivity contribution is -0.147. The van der Waals surface area contributed by atoms with Gasteiger partial charge in [-0.05, 0) is 52.2 Å². The third-order valence-corrected chi connectivity index (χ3v) is 4.56. The van der Waals surface area contributed by atoms with Gasteiger partial charge >= 0.3 is 12.3 Å². The Labute approximate surface area is 156 Å². The highest BCUT2D eigenvalue weighted by atomic mass is 19.4. The highest BCUT2D eigenvalue weighted by Crippen LogP contribution is 2.33. The minimum Gasteiger partial charge on any atom is -0.444 e. The summed E-state index contributed by atoms with van der Waals surface area (Å²) >= 11 is 0. The zero-order valence-electron chi connectivity index (χ0n) is 15.7. The van der Waals surface area contributed by atoms with Gasteiger partial charge in [0.25, 0.3) is 0 Å². The summed E-state index contributed by atoms with van der Waals surface area (Å²) in [6.07, 6.45) is -2.75. The molecule has 0 spiro atoms. The normalized spacial score (nSPS) is 18.7. The molecule has 1 saturated heterocycles. The van der Waals surface area contributed by atoms with Crippen LogP contribution in [0.4, 0.5) is 18.0 Å². The molecular weight excluding hydrogens is 359 g/mol. The van der Waals surface area contributed by atoms with Crippen LogP contribution < -0.4 is 0 Å². The fraction of sp³-hybridized carbons (Fsp3) is 0.579. The second-order valence-corrected chi connectivity index (χ2v) is 7.86. The molecule has 0 saturated carbocycles. The number of hydrogen-bond acceptors (Lipinski definition) is 3. The molecule has 2 aromatic rings. The fourth-order valence-electron chi connectivity index (χ4n) is 3.44. The topological polar surface area (TPSA) is 47.4 Å². The zero-order valence-corrected chi connectivity index (χ0v) is 15.7. The number of rotatable bonds is 2. The van der Waals surface area contributed by atoms with Crippen LogP contribution >= 0.6 is 0 Å². The number of imidazole rings is 1. The first-order valence-electron chi connectivity index (χ1n) is 9.08. The maximum Gasteiger partial charge on any atom is 0.449 e. The van der Waals surface area contributed by atoms with E-state index in [1.54, 1.807) is 49.9 Å². The Balaban J connectivity index is 1.94. The Hall–Kier alpha value is -2.25. The van der Waals surface area contributed by atoms with Crippen LogP contribution in [0.5, 0.6) is 0 Å². The number of benzene rings is 1. The van der Waals surface area contributed by atoms with Crippen molar-refractivity contribution >= 4 is 17.1 Å². The fourth-order valence-corrected chi connectivity index (χ4v) is 3.44. The predicted octanol–water partition coefficient (Wildman–Crippen LogP) is 4.84. The lowest BCUT2D eigenvalue weighted by Gasteiger charge is -2.37. The van der Waals surface area contributed by atoms with Crippen LogP contribution in [-0.2, 0) is 17.5 Å². The van der Waals surface area contributed by atoms with E-state index < -0.39 is 23.7 Å². The molecule has 1 amide bonds. The number of ether oxygens (including phenoxy) is 1. The maximum absolute atomic E-state index is 13.5. The second kappa shape index (κ2) is 7.05. The van der Waals surface area contributed by atoms with Crippen molar-refractivity contribution in [3.63, 3.8) is 0 Å². The molecule has 1 aliphatic rings. The van der Waals surface area contributed by atoms with E-state index in [2.05, 4.69) is 4.98 Å². The van der Waals surface area contributed by atoms with Gasteiger partial charge in [-0.25, -0.2) is 9.78 Å². The molecular formula is C19H24F3N3O2. The minimum atomic E-state index is -4.57. The van der Waals surface area contributed by atoms with Crippen molar-refractivity contribution in [2.24, 2.45) is 0 Å². The first kappa shape index (κ1) is 19.5. The number of aromatic nitrogens is 2. The number of alkyl halides is 3. The van der Waals surface area contributed by atoms with Crippen molar-refractivity contribution in [3.8, 4) is 0 Å². The summed E-state index contributed by atoms with van der Waals surface area (Å²) in [5, 5.41) is 0. The van der Waals surface area contributed by atoms with Gasteiger partial charge in [-0.1, -0.05) is 12.1 Å². The molecule has 0 aliphatic carbocycles. The van der Waals surface area contributed by atoms with Crippen molar-refractivity contribution in [2.45, 2.75) is 64.4 Å². The van der Waals surface area contributed by atoms with Gasteiger partial charge in [0.1, 0.15) is 5.60 Å². The number of carbonyl (C=O) groups is 1. The Morgan fingerprint density at radius 1 is 1.22 bits per heavy atom. The van der Waals surface area contributed by atoms with Gasteiger partial charge in [-0.3, -0.25) is 0 Å². The summed E-state index contributed by atoms with van der Waals surface area (Å²) in [4.78, 5) is 17.9. The average Bonchev–Trinajstić information content (AvgIpc) is 2.93. The molecule has 27 heavy (non-hydrogen) atoms. The number of nitrogens with zero attached hydrogens (tertiary/aromatic N) is 3. The molecule has 0 radical (unpaired) electrons. The number of halogens is 3. The molecule has 0 bridgehead atoms. The number of hydrogen-bond donors (Lipinski definition) is 0. The summed E-state index contributed by atoms with van der Waals surface area (Å²) in [5.74, 6) is -0.932. The molecule has 1 aromatic heterocycles. The van der Waals surface area contributed by atoms with E-state index in [1.807, 2.05) is 0 Å². The van der Waals surface area contributed by atoms with E-state index in [9.17, 15) is 18.0 Å². The third kappa shape index (κ3) is 4.36. The Bertz CT molecular complexity index is 824. The van der Waals surface area contributed by atoms with Gasteiger partial charge < -0.3 is 14.2 Å². The summed E-state index contributed by atoms with van der Waals surface area (Å²) in [6.45, 7) is 5.83. The van der Waals surface area contributed by atoms with Gasteiger partial charge in [0.15, 0.2) is 0 Å². The van der Waals surface area contributed by atoms with Crippen LogP contribution in [0.3, 0.4) is 0 Å². The van der Waals surface area contributed by atoms with E-state index in [4.69, 9.17) is 4.74 Å². The van der Waals surface area contributed by atoms with Crippen molar-refractivity contribution in [1.29, 1.82) is 0 Å². The van der Waals surface area contributed by atoms with Crippen LogP contribution in [0.1, 0.15) is 45.9 Å². The van der Waals surface area contributed by atoms with E-state index >= 15 is 0 Å². The molecule has 5 nitrogen and oxygen atoms in total. The van der Waals surface area contributed by atoms with Crippen LogP contribution in [0.15, 0.2) is 24.3 Å². The summed E-state index contributed by atoms with van der Waals surface area (Å²) in [5.41, 5.74) is 0.0572. The van der Waals surface area contributed by atoms with Crippen molar-refractivity contribution in [1.82, 2.24) is 14.5 Å². The van der Waals surface area contributed by atoms with E-state index in [0.29, 0.717) is 24.0 Å². The Morgan fingerprint density at radius 2 is 1.93 bits per heavy atom. The first-order chi connectivity index (χ1) is 12.6.